The number of carbonyl (C=O) groups is 1. The van der Waals surface area contributed by atoms with Crippen LogP contribution in [-0.2, 0) is 0 Å². The van der Waals surface area contributed by atoms with Crippen LogP contribution in [0.15, 0.2) is 54.6 Å². The molecule has 1 saturated carbocycles. The molecule has 5 nitrogen and oxygen atoms in total. The summed E-state index contributed by atoms with van der Waals surface area (Å²) in [6.07, 6.45) is 5.23. The monoisotopic (exact) mass is 391 g/mol. The molecule has 5 rings (SSSR count). The van der Waals surface area contributed by atoms with E-state index in [1.165, 1.54) is 31.2 Å². The van der Waals surface area contributed by atoms with Crippen molar-refractivity contribution in [2.45, 2.75) is 43.7 Å². The maximum absolute atomic E-state index is 13.2. The minimum absolute atomic E-state index is 0.0876. The molecule has 2 heterocycles. The molecule has 1 saturated heterocycles. The number of fused-ring (bicyclic) bond motifs is 3. The number of carbonyl (C=O) groups excluding carboxylic acids is 1. The number of para-hydroxylation sites is 2. The third-order valence-corrected chi connectivity index (χ3v) is 7.04. The van der Waals surface area contributed by atoms with Crippen molar-refractivity contribution >= 4 is 17.4 Å². The van der Waals surface area contributed by atoms with Crippen molar-refractivity contribution in [3.63, 3.8) is 0 Å². The number of aliphatic hydroxyl groups excluding tert-OH is 1. The van der Waals surface area contributed by atoms with Crippen molar-refractivity contribution in [2.75, 3.05) is 29.9 Å². The number of amides is 2. The highest BCUT2D eigenvalue weighted by atomic mass is 16.3. The number of nitrogens with one attached hydrogen (secondary N) is 1. The maximum atomic E-state index is 13.2. The Hall–Kier alpha value is -2.37. The summed E-state index contributed by atoms with van der Waals surface area (Å²) in [5.74, 6) is 1.03. The van der Waals surface area contributed by atoms with Crippen molar-refractivity contribution in [3.05, 3.63) is 60.2 Å². The predicted molar refractivity (Wildman–Crippen MR) is 115 cm³/mol. The van der Waals surface area contributed by atoms with Gasteiger partial charge in [-0.25, -0.2) is 4.79 Å². The zero-order chi connectivity index (χ0) is 19.8. The zero-order valence-corrected chi connectivity index (χ0v) is 16.7. The Morgan fingerprint density at radius 2 is 1.76 bits per heavy atom. The van der Waals surface area contributed by atoms with E-state index in [1.54, 1.807) is 0 Å². The van der Waals surface area contributed by atoms with E-state index in [0.29, 0.717) is 12.5 Å². The van der Waals surface area contributed by atoms with Gasteiger partial charge >= 0.3 is 6.03 Å². The number of rotatable bonds is 4. The highest BCUT2D eigenvalue weighted by molar-refractivity contribution is 6.02. The summed E-state index contributed by atoms with van der Waals surface area (Å²) in [5.41, 5.74) is 2.97. The van der Waals surface area contributed by atoms with Gasteiger partial charge in [0.15, 0.2) is 0 Å². The number of anilines is 2. The van der Waals surface area contributed by atoms with Crippen LogP contribution in [0.5, 0.6) is 0 Å². The lowest BCUT2D eigenvalue weighted by molar-refractivity contribution is -0.0509. The van der Waals surface area contributed by atoms with E-state index >= 15 is 0 Å². The topological polar surface area (TPSA) is 55.8 Å². The van der Waals surface area contributed by atoms with Crippen LogP contribution in [0.3, 0.4) is 0 Å². The molecule has 3 aliphatic rings. The number of hydrogen-bond donors (Lipinski definition) is 2. The summed E-state index contributed by atoms with van der Waals surface area (Å²) in [4.78, 5) is 17.5. The van der Waals surface area contributed by atoms with Gasteiger partial charge in [0.25, 0.3) is 0 Å². The second-order valence-corrected chi connectivity index (χ2v) is 8.66. The Morgan fingerprint density at radius 3 is 2.52 bits per heavy atom. The fourth-order valence-electron chi connectivity index (χ4n) is 5.63. The molecule has 2 aromatic rings. The van der Waals surface area contributed by atoms with Gasteiger partial charge in [-0.3, -0.25) is 9.80 Å². The Morgan fingerprint density at radius 1 is 1.03 bits per heavy atom. The van der Waals surface area contributed by atoms with E-state index in [2.05, 4.69) is 16.3 Å². The number of hydrogen-bond acceptors (Lipinski definition) is 3. The van der Waals surface area contributed by atoms with Gasteiger partial charge in [-0.15, -0.1) is 0 Å². The fourth-order valence-corrected chi connectivity index (χ4v) is 5.63. The Kier molecular flexibility index (Phi) is 5.02. The molecule has 2 amide bonds. The Bertz CT molecular complexity index is 865. The summed E-state index contributed by atoms with van der Waals surface area (Å²) >= 11 is 0. The first-order valence-electron chi connectivity index (χ1n) is 10.9. The first-order valence-corrected chi connectivity index (χ1v) is 10.9. The van der Waals surface area contributed by atoms with E-state index in [4.69, 9.17) is 0 Å². The second-order valence-electron chi connectivity index (χ2n) is 8.66. The molecular formula is C24H29N3O2. The third-order valence-electron chi connectivity index (χ3n) is 7.04. The predicted octanol–water partition coefficient (Wildman–Crippen LogP) is 4.06. The standard InChI is InChI=1S/C24H29N3O2/c28-16-22-23-19-12-6-7-13-20(19)27(24(29)25-18-10-2-1-3-11-18)15-21(23)26(22)14-17-8-4-5-9-17/h1-3,6-7,10-13,17,21-23,28H,4-5,8-9,14-16H2,(H,25,29)/t21-,22-,23+/m1/s1. The molecule has 0 unspecified atom stereocenters. The normalized spacial score (nSPS) is 26.5. The average Bonchev–Trinajstić information content (AvgIpc) is 3.26. The first kappa shape index (κ1) is 18.6. The van der Waals surface area contributed by atoms with E-state index in [1.807, 2.05) is 53.4 Å². The molecule has 2 fully saturated rings. The maximum Gasteiger partial charge on any atom is 0.326 e. The number of nitrogens with zero attached hydrogens (tertiary/aromatic N) is 2. The number of aliphatic hydroxyl groups is 1. The minimum Gasteiger partial charge on any atom is -0.395 e. The summed E-state index contributed by atoms with van der Waals surface area (Å²) < 4.78 is 0. The van der Waals surface area contributed by atoms with Gasteiger partial charge in [0.2, 0.25) is 0 Å². The Balaban J connectivity index is 1.41. The van der Waals surface area contributed by atoms with Crippen LogP contribution in [0.4, 0.5) is 16.2 Å². The van der Waals surface area contributed by atoms with Crippen LogP contribution in [-0.4, -0.2) is 47.8 Å². The lowest BCUT2D eigenvalue weighted by Gasteiger charge is -2.59. The minimum atomic E-state index is -0.0876. The quantitative estimate of drug-likeness (QED) is 0.826. The van der Waals surface area contributed by atoms with Gasteiger partial charge in [0, 0.05) is 42.5 Å². The molecule has 152 valence electrons. The Labute approximate surface area is 172 Å². The zero-order valence-electron chi connectivity index (χ0n) is 16.7. The molecule has 0 bridgehead atoms. The lowest BCUT2D eigenvalue weighted by atomic mass is 9.71. The molecular weight excluding hydrogens is 362 g/mol. The summed E-state index contributed by atoms with van der Waals surface area (Å²) in [5, 5.41) is 13.2. The van der Waals surface area contributed by atoms with Crippen LogP contribution in [0.25, 0.3) is 0 Å². The fraction of sp³-hybridized carbons (Fsp3) is 0.458. The molecule has 0 radical (unpaired) electrons. The van der Waals surface area contributed by atoms with E-state index in [9.17, 15) is 9.90 Å². The molecule has 29 heavy (non-hydrogen) atoms. The molecule has 1 aliphatic carbocycles. The van der Waals surface area contributed by atoms with Crippen molar-refractivity contribution in [3.8, 4) is 0 Å². The third kappa shape index (κ3) is 3.32. The van der Waals surface area contributed by atoms with Crippen molar-refractivity contribution in [1.29, 1.82) is 0 Å². The number of likely N-dealkylation sites (tertiary alicyclic amines) is 1. The van der Waals surface area contributed by atoms with Crippen LogP contribution in [0.1, 0.15) is 37.2 Å². The molecule has 2 N–H and O–H groups in total. The number of urea groups is 1. The smallest absolute Gasteiger partial charge is 0.326 e. The summed E-state index contributed by atoms with van der Waals surface area (Å²) in [6.45, 7) is 1.89. The highest BCUT2D eigenvalue weighted by Crippen LogP contribution is 2.49. The second kappa shape index (κ2) is 7.81. The molecule has 5 heteroatoms. The number of benzene rings is 2. The molecule has 3 atom stereocenters. The summed E-state index contributed by atoms with van der Waals surface area (Å²) in [7, 11) is 0. The van der Waals surface area contributed by atoms with Crippen molar-refractivity contribution < 1.29 is 9.90 Å². The van der Waals surface area contributed by atoms with Crippen LogP contribution in [0, 0.1) is 5.92 Å². The van der Waals surface area contributed by atoms with E-state index in [-0.39, 0.29) is 24.7 Å². The largest absolute Gasteiger partial charge is 0.395 e. The van der Waals surface area contributed by atoms with Crippen LogP contribution in [0.2, 0.25) is 0 Å². The molecule has 2 aliphatic heterocycles. The molecule has 0 aromatic heterocycles. The van der Waals surface area contributed by atoms with Crippen molar-refractivity contribution in [1.82, 2.24) is 4.90 Å². The van der Waals surface area contributed by atoms with Gasteiger partial charge in [0.05, 0.1) is 6.61 Å². The first-order chi connectivity index (χ1) is 14.3. The van der Waals surface area contributed by atoms with Crippen molar-refractivity contribution in [2.24, 2.45) is 5.92 Å². The van der Waals surface area contributed by atoms with E-state index < -0.39 is 0 Å². The van der Waals surface area contributed by atoms with Gasteiger partial charge < -0.3 is 10.4 Å². The lowest BCUT2D eigenvalue weighted by Crippen LogP contribution is -2.70. The van der Waals surface area contributed by atoms with Crippen LogP contribution < -0.4 is 10.2 Å². The van der Waals surface area contributed by atoms with Gasteiger partial charge in [0.1, 0.15) is 0 Å². The molecule has 0 spiro atoms. The average molecular weight is 392 g/mol. The van der Waals surface area contributed by atoms with Gasteiger partial charge in [-0.2, -0.15) is 0 Å². The van der Waals surface area contributed by atoms with Gasteiger partial charge in [-0.05, 0) is 42.5 Å². The van der Waals surface area contributed by atoms with E-state index in [0.717, 1.165) is 23.8 Å². The molecule has 2 aromatic carbocycles. The highest BCUT2D eigenvalue weighted by Gasteiger charge is 2.53. The van der Waals surface area contributed by atoms with Crippen LogP contribution >= 0.6 is 0 Å². The SMILES string of the molecule is O=C(Nc1ccccc1)N1C[C@@H]2[C@H](c3ccccc31)[C@@H](CO)N2CC1CCCC1. The van der Waals surface area contributed by atoms with Gasteiger partial charge in [-0.1, -0.05) is 49.2 Å². The summed E-state index contributed by atoms with van der Waals surface area (Å²) in [6, 6.07) is 18.2.